The number of carbonyl (C=O) groups is 1. The van der Waals surface area contributed by atoms with Crippen LogP contribution in [0.5, 0.6) is 0 Å². The Kier molecular flexibility index (Phi) is 3.39. The molecule has 0 aromatic carbocycles. The summed E-state index contributed by atoms with van der Waals surface area (Å²) in [6, 6.07) is 4.53. The molecule has 98 valence electrons. The summed E-state index contributed by atoms with van der Waals surface area (Å²) < 4.78 is 0. The van der Waals surface area contributed by atoms with Gasteiger partial charge in [0.15, 0.2) is 0 Å². The number of amides is 1. The van der Waals surface area contributed by atoms with Gasteiger partial charge in [0.25, 0.3) is 0 Å². The molecule has 0 spiro atoms. The van der Waals surface area contributed by atoms with Crippen LogP contribution in [0, 0.1) is 11.8 Å². The fraction of sp³-hybridized carbons (Fsp3) is 0.643. The lowest BCUT2D eigenvalue weighted by atomic mass is 9.93. The van der Waals surface area contributed by atoms with E-state index in [2.05, 4.69) is 23.2 Å². The maximum absolute atomic E-state index is 12.4. The number of nitrogens with zero attached hydrogens (tertiary/aromatic N) is 1. The van der Waals surface area contributed by atoms with Crippen molar-refractivity contribution in [2.45, 2.75) is 25.8 Å². The highest BCUT2D eigenvalue weighted by Gasteiger charge is 2.44. The summed E-state index contributed by atoms with van der Waals surface area (Å²) in [5.41, 5.74) is 0. The predicted molar refractivity (Wildman–Crippen MR) is 73.7 cm³/mol. The van der Waals surface area contributed by atoms with Crippen LogP contribution in [-0.2, 0) is 11.2 Å². The number of nitrogens with one attached hydrogen (secondary N) is 1. The summed E-state index contributed by atoms with van der Waals surface area (Å²) in [6.07, 6.45) is 1.67. The molecule has 2 aliphatic rings. The Labute approximate surface area is 112 Å². The Morgan fingerprint density at radius 3 is 3.17 bits per heavy atom. The monoisotopic (exact) mass is 264 g/mol. The van der Waals surface area contributed by atoms with E-state index in [0.29, 0.717) is 30.2 Å². The van der Waals surface area contributed by atoms with E-state index in [4.69, 9.17) is 0 Å². The molecule has 0 bridgehead atoms. The molecule has 1 amide bonds. The SMILES string of the molecule is CCC1C2CNCC2CN1C(=O)Cc1cccs1. The van der Waals surface area contributed by atoms with E-state index < -0.39 is 0 Å². The van der Waals surface area contributed by atoms with Gasteiger partial charge in [-0.05, 0) is 29.7 Å². The van der Waals surface area contributed by atoms with Crippen LogP contribution in [0.15, 0.2) is 17.5 Å². The highest BCUT2D eigenvalue weighted by Crippen LogP contribution is 2.34. The molecular formula is C14H20N2OS. The van der Waals surface area contributed by atoms with E-state index in [1.807, 2.05) is 11.4 Å². The molecule has 18 heavy (non-hydrogen) atoms. The molecule has 3 nitrogen and oxygen atoms in total. The van der Waals surface area contributed by atoms with Crippen LogP contribution in [0.2, 0.25) is 0 Å². The smallest absolute Gasteiger partial charge is 0.228 e. The van der Waals surface area contributed by atoms with Gasteiger partial charge in [-0.25, -0.2) is 0 Å². The number of fused-ring (bicyclic) bond motifs is 1. The van der Waals surface area contributed by atoms with Crippen molar-refractivity contribution in [3.63, 3.8) is 0 Å². The average Bonchev–Trinajstić information content (AvgIpc) is 3.03. The normalized spacial score (nSPS) is 30.7. The van der Waals surface area contributed by atoms with Crippen LogP contribution >= 0.6 is 11.3 Å². The first kappa shape index (κ1) is 12.2. The molecule has 3 unspecified atom stereocenters. The van der Waals surface area contributed by atoms with Crippen LogP contribution in [0.25, 0.3) is 0 Å². The Bertz CT molecular complexity index is 417. The number of likely N-dealkylation sites (tertiary alicyclic amines) is 1. The molecule has 3 rings (SSSR count). The Balaban J connectivity index is 1.70. The van der Waals surface area contributed by atoms with Gasteiger partial charge in [0.1, 0.15) is 0 Å². The second-order valence-corrected chi connectivity index (χ2v) is 6.39. The van der Waals surface area contributed by atoms with Crippen LogP contribution < -0.4 is 5.32 Å². The van der Waals surface area contributed by atoms with Gasteiger partial charge in [0, 0.05) is 30.6 Å². The van der Waals surface area contributed by atoms with Gasteiger partial charge in [0.05, 0.1) is 6.42 Å². The van der Waals surface area contributed by atoms with Gasteiger partial charge in [0.2, 0.25) is 5.91 Å². The molecule has 1 aromatic rings. The van der Waals surface area contributed by atoms with Crippen molar-refractivity contribution in [2.24, 2.45) is 11.8 Å². The summed E-state index contributed by atoms with van der Waals surface area (Å²) in [7, 11) is 0. The van der Waals surface area contributed by atoms with Crippen LogP contribution in [0.3, 0.4) is 0 Å². The number of hydrogen-bond donors (Lipinski definition) is 1. The van der Waals surface area contributed by atoms with Gasteiger partial charge in [-0.3, -0.25) is 4.79 Å². The molecular weight excluding hydrogens is 244 g/mol. The van der Waals surface area contributed by atoms with Crippen LogP contribution in [0.4, 0.5) is 0 Å². The van der Waals surface area contributed by atoms with E-state index in [9.17, 15) is 4.79 Å². The zero-order chi connectivity index (χ0) is 12.5. The third kappa shape index (κ3) is 2.08. The van der Waals surface area contributed by atoms with Crippen molar-refractivity contribution in [1.29, 1.82) is 0 Å². The third-order valence-electron chi connectivity index (χ3n) is 4.36. The number of hydrogen-bond acceptors (Lipinski definition) is 3. The van der Waals surface area contributed by atoms with E-state index in [-0.39, 0.29) is 0 Å². The Morgan fingerprint density at radius 1 is 1.56 bits per heavy atom. The summed E-state index contributed by atoms with van der Waals surface area (Å²) >= 11 is 1.68. The molecule has 1 aromatic heterocycles. The quantitative estimate of drug-likeness (QED) is 0.902. The van der Waals surface area contributed by atoms with Crippen molar-refractivity contribution in [3.05, 3.63) is 22.4 Å². The van der Waals surface area contributed by atoms with Gasteiger partial charge in [-0.1, -0.05) is 13.0 Å². The lowest BCUT2D eigenvalue weighted by molar-refractivity contribution is -0.131. The maximum Gasteiger partial charge on any atom is 0.228 e. The number of thiophene rings is 1. The molecule has 0 radical (unpaired) electrons. The van der Waals surface area contributed by atoms with Crippen molar-refractivity contribution in [1.82, 2.24) is 10.2 Å². The third-order valence-corrected chi connectivity index (χ3v) is 5.24. The molecule has 3 heterocycles. The van der Waals surface area contributed by atoms with Crippen molar-refractivity contribution in [2.75, 3.05) is 19.6 Å². The van der Waals surface area contributed by atoms with Crippen molar-refractivity contribution < 1.29 is 4.79 Å². The summed E-state index contributed by atoms with van der Waals surface area (Å²) in [6.45, 7) is 5.34. The lowest BCUT2D eigenvalue weighted by Gasteiger charge is -2.26. The molecule has 2 fully saturated rings. The number of carbonyl (C=O) groups excluding carboxylic acids is 1. The maximum atomic E-state index is 12.4. The van der Waals surface area contributed by atoms with Crippen LogP contribution in [0.1, 0.15) is 18.2 Å². The average molecular weight is 264 g/mol. The van der Waals surface area contributed by atoms with Gasteiger partial charge in [-0.2, -0.15) is 0 Å². The predicted octanol–water partition coefficient (Wildman–Crippen LogP) is 1.75. The van der Waals surface area contributed by atoms with E-state index in [1.54, 1.807) is 11.3 Å². The molecule has 3 atom stereocenters. The minimum Gasteiger partial charge on any atom is -0.339 e. The summed E-state index contributed by atoms with van der Waals surface area (Å²) in [4.78, 5) is 15.8. The van der Waals surface area contributed by atoms with E-state index in [0.717, 1.165) is 26.1 Å². The second-order valence-electron chi connectivity index (χ2n) is 5.36. The molecule has 0 saturated carbocycles. The fourth-order valence-corrected chi connectivity index (χ4v) is 4.19. The van der Waals surface area contributed by atoms with E-state index >= 15 is 0 Å². The first-order valence-corrected chi connectivity index (χ1v) is 7.70. The topological polar surface area (TPSA) is 32.3 Å². The van der Waals surface area contributed by atoms with Gasteiger partial charge >= 0.3 is 0 Å². The summed E-state index contributed by atoms with van der Waals surface area (Å²) in [5, 5.41) is 5.50. The molecule has 1 N–H and O–H groups in total. The van der Waals surface area contributed by atoms with Crippen LogP contribution in [-0.4, -0.2) is 36.5 Å². The second kappa shape index (κ2) is 5.02. The minimum atomic E-state index is 0.318. The lowest BCUT2D eigenvalue weighted by Crippen LogP contribution is -2.40. The van der Waals surface area contributed by atoms with Gasteiger partial charge < -0.3 is 10.2 Å². The largest absolute Gasteiger partial charge is 0.339 e. The van der Waals surface area contributed by atoms with E-state index in [1.165, 1.54) is 4.88 Å². The van der Waals surface area contributed by atoms with Crippen molar-refractivity contribution >= 4 is 17.2 Å². The molecule has 2 saturated heterocycles. The highest BCUT2D eigenvalue weighted by molar-refractivity contribution is 7.10. The first-order chi connectivity index (χ1) is 8.79. The fourth-order valence-electron chi connectivity index (χ4n) is 3.50. The van der Waals surface area contributed by atoms with Gasteiger partial charge in [-0.15, -0.1) is 11.3 Å². The zero-order valence-corrected chi connectivity index (χ0v) is 11.6. The highest BCUT2D eigenvalue weighted by atomic mass is 32.1. The standard InChI is InChI=1S/C14H20N2OS/c1-2-13-12-8-15-7-10(12)9-16(13)14(17)6-11-4-3-5-18-11/h3-5,10,12-13,15H,2,6-9H2,1H3. The Hall–Kier alpha value is -0.870. The first-order valence-electron chi connectivity index (χ1n) is 6.82. The van der Waals surface area contributed by atoms with Crippen molar-refractivity contribution in [3.8, 4) is 0 Å². The minimum absolute atomic E-state index is 0.318. The molecule has 0 aliphatic carbocycles. The zero-order valence-electron chi connectivity index (χ0n) is 10.8. The molecule has 2 aliphatic heterocycles. The Morgan fingerprint density at radius 2 is 2.44 bits per heavy atom. The summed E-state index contributed by atoms with van der Waals surface area (Å²) in [5.74, 6) is 1.68. The number of rotatable bonds is 3. The molecule has 4 heteroatoms.